The van der Waals surface area contributed by atoms with Gasteiger partial charge in [0.25, 0.3) is 0 Å². The van der Waals surface area contributed by atoms with Gasteiger partial charge in [0.15, 0.2) is 5.76 Å². The molecule has 0 saturated heterocycles. The van der Waals surface area contributed by atoms with Gasteiger partial charge in [-0.1, -0.05) is 40.5 Å². The lowest BCUT2D eigenvalue weighted by Crippen LogP contribution is -1.89. The summed E-state index contributed by atoms with van der Waals surface area (Å²) in [5, 5.41) is 14.3. The van der Waals surface area contributed by atoms with Crippen molar-refractivity contribution in [2.45, 2.75) is 6.61 Å². The maximum absolute atomic E-state index is 9.59. The second-order valence-electron chi connectivity index (χ2n) is 4.08. The Morgan fingerprint density at radius 1 is 1.15 bits per heavy atom. The zero-order chi connectivity index (χ0) is 14.1. The highest BCUT2D eigenvalue weighted by atomic mass is 35.5. The summed E-state index contributed by atoms with van der Waals surface area (Å²) in [5.41, 5.74) is 1.56. The van der Waals surface area contributed by atoms with Crippen molar-refractivity contribution in [1.29, 1.82) is 0 Å². The van der Waals surface area contributed by atoms with Crippen LogP contribution in [0.25, 0.3) is 22.8 Å². The van der Waals surface area contributed by atoms with Gasteiger partial charge in [-0.2, -0.15) is 0 Å². The van der Waals surface area contributed by atoms with Gasteiger partial charge < -0.3 is 14.0 Å². The Hall–Kier alpha value is -1.75. The van der Waals surface area contributed by atoms with Crippen molar-refractivity contribution < 1.29 is 14.0 Å². The molecule has 20 heavy (non-hydrogen) atoms. The van der Waals surface area contributed by atoms with Gasteiger partial charge in [-0.05, 0) is 18.2 Å². The molecule has 0 aliphatic carbocycles. The number of aliphatic hydroxyl groups is 1. The van der Waals surface area contributed by atoms with Gasteiger partial charge in [-0.15, -0.1) is 0 Å². The number of furan rings is 1. The van der Waals surface area contributed by atoms with E-state index in [4.69, 9.17) is 32.1 Å². The number of hydrogen-bond donors (Lipinski definition) is 1. The maximum Gasteiger partial charge on any atom is 0.208 e. The van der Waals surface area contributed by atoms with Crippen molar-refractivity contribution in [3.63, 3.8) is 0 Å². The third kappa shape index (κ3) is 2.12. The van der Waals surface area contributed by atoms with E-state index in [1.54, 1.807) is 30.3 Å². The summed E-state index contributed by atoms with van der Waals surface area (Å²) in [7, 11) is 0. The second-order valence-corrected chi connectivity index (χ2v) is 4.86. The quantitative estimate of drug-likeness (QED) is 0.779. The summed E-state index contributed by atoms with van der Waals surface area (Å²) in [6, 6.07) is 8.65. The summed E-state index contributed by atoms with van der Waals surface area (Å²) >= 11 is 12.2. The molecule has 0 unspecified atom stereocenters. The first-order chi connectivity index (χ1) is 9.72. The third-order valence-corrected chi connectivity index (χ3v) is 3.72. The Kier molecular flexibility index (Phi) is 3.53. The minimum atomic E-state index is -0.252. The minimum Gasteiger partial charge on any atom is -0.461 e. The van der Waals surface area contributed by atoms with E-state index in [0.29, 0.717) is 38.4 Å². The predicted molar refractivity (Wildman–Crippen MR) is 75.6 cm³/mol. The lowest BCUT2D eigenvalue weighted by molar-refractivity contribution is 0.281. The zero-order valence-electron chi connectivity index (χ0n) is 10.1. The van der Waals surface area contributed by atoms with Crippen LogP contribution >= 0.6 is 23.2 Å². The summed E-state index contributed by atoms with van der Waals surface area (Å²) in [6.45, 7) is -0.252. The van der Waals surface area contributed by atoms with Crippen molar-refractivity contribution in [2.24, 2.45) is 0 Å². The fourth-order valence-electron chi connectivity index (χ4n) is 1.96. The summed E-state index contributed by atoms with van der Waals surface area (Å²) < 4.78 is 10.5. The lowest BCUT2D eigenvalue weighted by Gasteiger charge is -2.04. The summed E-state index contributed by atoms with van der Waals surface area (Å²) in [4.78, 5) is 0. The molecule has 1 aromatic carbocycles. The van der Waals surface area contributed by atoms with Crippen LogP contribution in [-0.4, -0.2) is 10.3 Å². The molecule has 102 valence electrons. The van der Waals surface area contributed by atoms with E-state index in [-0.39, 0.29) is 6.61 Å². The summed E-state index contributed by atoms with van der Waals surface area (Å²) in [6.07, 6.45) is 1.52. The Bertz CT molecular complexity index is 735. The molecule has 2 heterocycles. The molecule has 4 nitrogen and oxygen atoms in total. The van der Waals surface area contributed by atoms with Crippen LogP contribution in [0.15, 0.2) is 45.5 Å². The average molecular weight is 310 g/mol. The topological polar surface area (TPSA) is 59.4 Å². The molecular weight excluding hydrogens is 301 g/mol. The van der Waals surface area contributed by atoms with Crippen LogP contribution in [-0.2, 0) is 6.61 Å². The van der Waals surface area contributed by atoms with E-state index < -0.39 is 0 Å². The Morgan fingerprint density at radius 3 is 2.70 bits per heavy atom. The molecule has 0 fully saturated rings. The van der Waals surface area contributed by atoms with Crippen molar-refractivity contribution in [1.82, 2.24) is 5.16 Å². The highest BCUT2D eigenvalue weighted by molar-refractivity contribution is 6.43. The molecule has 0 radical (unpaired) electrons. The van der Waals surface area contributed by atoms with Crippen LogP contribution in [0.3, 0.4) is 0 Å². The van der Waals surface area contributed by atoms with Gasteiger partial charge in [-0.25, -0.2) is 0 Å². The van der Waals surface area contributed by atoms with Crippen molar-refractivity contribution in [3.8, 4) is 22.8 Å². The molecule has 3 rings (SSSR count). The number of hydrogen-bond acceptors (Lipinski definition) is 4. The van der Waals surface area contributed by atoms with Gasteiger partial charge in [0, 0.05) is 5.56 Å². The van der Waals surface area contributed by atoms with E-state index in [1.807, 2.05) is 0 Å². The number of aromatic nitrogens is 1. The largest absolute Gasteiger partial charge is 0.461 e. The van der Waals surface area contributed by atoms with E-state index in [2.05, 4.69) is 5.16 Å². The van der Waals surface area contributed by atoms with Crippen LogP contribution < -0.4 is 0 Å². The van der Waals surface area contributed by atoms with Gasteiger partial charge in [-0.3, -0.25) is 0 Å². The number of aliphatic hydroxyl groups excluding tert-OH is 1. The Balaban J connectivity index is 2.18. The maximum atomic E-state index is 9.59. The molecule has 0 saturated carbocycles. The molecule has 0 spiro atoms. The SMILES string of the molecule is OCc1c(-c2cccc(Cl)c2Cl)noc1-c1ccco1. The predicted octanol–water partition coefficient (Wildman–Crippen LogP) is 4.40. The Morgan fingerprint density at radius 2 is 2.00 bits per heavy atom. The summed E-state index contributed by atoms with van der Waals surface area (Å²) in [5.74, 6) is 0.870. The van der Waals surface area contributed by atoms with Gasteiger partial charge in [0.1, 0.15) is 5.69 Å². The molecule has 0 atom stereocenters. The van der Waals surface area contributed by atoms with Crippen LogP contribution in [0.5, 0.6) is 0 Å². The van der Waals surface area contributed by atoms with Crippen LogP contribution in [0.2, 0.25) is 10.0 Å². The first kappa shape index (κ1) is 13.2. The Labute approximate surface area is 124 Å². The number of nitrogens with zero attached hydrogens (tertiary/aromatic N) is 1. The molecule has 3 aromatic rings. The fourth-order valence-corrected chi connectivity index (χ4v) is 2.35. The van der Waals surface area contributed by atoms with Crippen molar-refractivity contribution in [3.05, 3.63) is 52.2 Å². The first-order valence-corrected chi connectivity index (χ1v) is 6.55. The zero-order valence-corrected chi connectivity index (χ0v) is 11.6. The number of rotatable bonds is 3. The molecule has 0 amide bonds. The van der Waals surface area contributed by atoms with Crippen LogP contribution in [0.1, 0.15) is 5.56 Å². The number of benzene rings is 1. The lowest BCUT2D eigenvalue weighted by atomic mass is 10.1. The smallest absolute Gasteiger partial charge is 0.208 e. The highest BCUT2D eigenvalue weighted by Crippen LogP contribution is 2.38. The van der Waals surface area contributed by atoms with E-state index >= 15 is 0 Å². The first-order valence-electron chi connectivity index (χ1n) is 5.80. The van der Waals surface area contributed by atoms with Gasteiger partial charge in [0.05, 0.1) is 28.5 Å². The second kappa shape index (κ2) is 5.32. The van der Waals surface area contributed by atoms with Gasteiger partial charge >= 0.3 is 0 Å². The van der Waals surface area contributed by atoms with E-state index in [1.165, 1.54) is 6.26 Å². The third-order valence-electron chi connectivity index (χ3n) is 2.90. The minimum absolute atomic E-state index is 0.252. The average Bonchev–Trinajstić information content (AvgIpc) is 3.09. The van der Waals surface area contributed by atoms with E-state index in [9.17, 15) is 5.11 Å². The molecule has 0 aliphatic rings. The highest BCUT2D eigenvalue weighted by Gasteiger charge is 2.22. The molecular formula is C14H9Cl2NO3. The molecule has 2 aromatic heterocycles. The standard InChI is InChI=1S/C14H9Cl2NO3/c15-10-4-1-3-8(12(10)16)13-9(7-18)14(20-17-13)11-5-2-6-19-11/h1-6,18H,7H2. The molecule has 0 bridgehead atoms. The molecule has 1 N–H and O–H groups in total. The van der Waals surface area contributed by atoms with Crippen LogP contribution in [0.4, 0.5) is 0 Å². The van der Waals surface area contributed by atoms with Crippen LogP contribution in [0, 0.1) is 0 Å². The van der Waals surface area contributed by atoms with E-state index in [0.717, 1.165) is 0 Å². The van der Waals surface area contributed by atoms with Gasteiger partial charge in [0.2, 0.25) is 5.76 Å². The normalized spacial score (nSPS) is 10.9. The van der Waals surface area contributed by atoms with Crippen molar-refractivity contribution >= 4 is 23.2 Å². The van der Waals surface area contributed by atoms with Crippen molar-refractivity contribution in [2.75, 3.05) is 0 Å². The molecule has 6 heteroatoms. The fraction of sp³-hybridized carbons (Fsp3) is 0.0714. The molecule has 0 aliphatic heterocycles. The monoisotopic (exact) mass is 309 g/mol. The number of halogens is 2.